The van der Waals surface area contributed by atoms with Gasteiger partial charge >= 0.3 is 0 Å². The number of rotatable bonds is 5. The molecule has 0 aliphatic heterocycles. The first-order valence-corrected chi connectivity index (χ1v) is 5.66. The van der Waals surface area contributed by atoms with E-state index in [9.17, 15) is 4.79 Å². The molecule has 0 saturated heterocycles. The average Bonchev–Trinajstić information content (AvgIpc) is 2.31. The van der Waals surface area contributed by atoms with Crippen LogP contribution in [-0.2, 0) is 4.79 Å². The first-order chi connectivity index (χ1) is 8.08. The molecule has 0 bridgehead atoms. The van der Waals surface area contributed by atoms with Crippen molar-refractivity contribution in [2.75, 3.05) is 37.3 Å². The van der Waals surface area contributed by atoms with Crippen LogP contribution >= 0.6 is 0 Å². The zero-order valence-corrected chi connectivity index (χ0v) is 10.6. The van der Waals surface area contributed by atoms with Gasteiger partial charge in [0.1, 0.15) is 5.82 Å². The van der Waals surface area contributed by atoms with Crippen molar-refractivity contribution in [3.8, 4) is 0 Å². The highest BCUT2D eigenvalue weighted by atomic mass is 16.2. The number of nitrogens with two attached hydrogens (primary N) is 1. The number of likely N-dealkylation sites (N-methyl/N-ethyl adjacent to an activating group) is 2. The standard InChI is InChI=1S/C11H19N5O/c1-4-16(5-2)11(17)8-15(3)10-7-6-9(12)13-14-10/h6-7H,4-5,8H2,1-3H3,(H2,12,13). The highest BCUT2D eigenvalue weighted by molar-refractivity contribution is 5.81. The van der Waals surface area contributed by atoms with Crippen LogP contribution in [0.2, 0.25) is 0 Å². The summed E-state index contributed by atoms with van der Waals surface area (Å²) in [6.07, 6.45) is 0. The molecule has 0 fully saturated rings. The fourth-order valence-electron chi connectivity index (χ4n) is 1.50. The molecule has 1 aromatic rings. The lowest BCUT2D eigenvalue weighted by atomic mass is 10.4. The summed E-state index contributed by atoms with van der Waals surface area (Å²) in [5.41, 5.74) is 5.45. The third kappa shape index (κ3) is 3.58. The maximum atomic E-state index is 11.9. The van der Waals surface area contributed by atoms with E-state index in [0.717, 1.165) is 13.1 Å². The number of nitrogens with zero attached hydrogens (tertiary/aromatic N) is 4. The zero-order valence-electron chi connectivity index (χ0n) is 10.6. The number of hydrogen-bond acceptors (Lipinski definition) is 5. The predicted molar refractivity (Wildman–Crippen MR) is 67.6 cm³/mol. The van der Waals surface area contributed by atoms with E-state index in [1.54, 1.807) is 21.9 Å². The Morgan fingerprint density at radius 2 is 1.94 bits per heavy atom. The largest absolute Gasteiger partial charge is 0.382 e. The Kier molecular flexibility index (Phi) is 4.68. The van der Waals surface area contributed by atoms with E-state index in [1.165, 1.54) is 0 Å². The molecule has 1 heterocycles. The maximum absolute atomic E-state index is 11.9. The Bertz CT molecular complexity index is 361. The lowest BCUT2D eigenvalue weighted by molar-refractivity contribution is -0.129. The molecule has 0 spiro atoms. The second-order valence-electron chi connectivity index (χ2n) is 3.74. The third-order valence-corrected chi connectivity index (χ3v) is 2.55. The summed E-state index contributed by atoms with van der Waals surface area (Å²) in [4.78, 5) is 15.4. The van der Waals surface area contributed by atoms with Gasteiger partial charge in [-0.05, 0) is 26.0 Å². The van der Waals surface area contributed by atoms with E-state index < -0.39 is 0 Å². The SMILES string of the molecule is CCN(CC)C(=O)CN(C)c1ccc(N)nn1. The number of carbonyl (C=O) groups excluding carboxylic acids is 1. The van der Waals surface area contributed by atoms with Gasteiger partial charge < -0.3 is 15.5 Å². The number of amides is 1. The molecule has 0 aliphatic carbocycles. The van der Waals surface area contributed by atoms with Crippen molar-refractivity contribution in [2.45, 2.75) is 13.8 Å². The van der Waals surface area contributed by atoms with Gasteiger partial charge in [0, 0.05) is 20.1 Å². The molecular weight excluding hydrogens is 218 g/mol. The summed E-state index contributed by atoms with van der Waals surface area (Å²) in [6, 6.07) is 3.42. The van der Waals surface area contributed by atoms with Gasteiger partial charge in [0.15, 0.2) is 5.82 Å². The molecule has 0 aromatic carbocycles. The number of nitrogen functional groups attached to an aromatic ring is 1. The number of anilines is 2. The maximum Gasteiger partial charge on any atom is 0.242 e. The van der Waals surface area contributed by atoms with E-state index in [4.69, 9.17) is 5.73 Å². The lowest BCUT2D eigenvalue weighted by Crippen LogP contribution is -2.39. The van der Waals surface area contributed by atoms with Gasteiger partial charge in [-0.3, -0.25) is 4.79 Å². The van der Waals surface area contributed by atoms with E-state index in [0.29, 0.717) is 18.2 Å². The Morgan fingerprint density at radius 1 is 1.29 bits per heavy atom. The van der Waals surface area contributed by atoms with Crippen LogP contribution in [0.25, 0.3) is 0 Å². The Hall–Kier alpha value is -1.85. The fraction of sp³-hybridized carbons (Fsp3) is 0.545. The summed E-state index contributed by atoms with van der Waals surface area (Å²) in [5.74, 6) is 1.09. The van der Waals surface area contributed by atoms with Crippen molar-refractivity contribution in [1.29, 1.82) is 0 Å². The summed E-state index contributed by atoms with van der Waals surface area (Å²) in [6.45, 7) is 5.66. The highest BCUT2D eigenvalue weighted by Crippen LogP contribution is 2.08. The summed E-state index contributed by atoms with van der Waals surface area (Å²) >= 11 is 0. The van der Waals surface area contributed by atoms with Crippen LogP contribution in [0.15, 0.2) is 12.1 Å². The molecule has 1 aromatic heterocycles. The summed E-state index contributed by atoms with van der Waals surface area (Å²) < 4.78 is 0. The molecule has 6 heteroatoms. The van der Waals surface area contributed by atoms with Gasteiger partial charge in [0.25, 0.3) is 0 Å². The smallest absolute Gasteiger partial charge is 0.242 e. The molecule has 1 rings (SSSR count). The Balaban J connectivity index is 2.62. The quantitative estimate of drug-likeness (QED) is 0.800. The molecule has 0 radical (unpaired) electrons. The van der Waals surface area contributed by atoms with Crippen LogP contribution in [0.1, 0.15) is 13.8 Å². The minimum absolute atomic E-state index is 0.0797. The number of aromatic nitrogens is 2. The molecule has 94 valence electrons. The van der Waals surface area contributed by atoms with E-state index >= 15 is 0 Å². The summed E-state index contributed by atoms with van der Waals surface area (Å²) in [5, 5.41) is 7.68. The van der Waals surface area contributed by atoms with Gasteiger partial charge in [-0.15, -0.1) is 10.2 Å². The third-order valence-electron chi connectivity index (χ3n) is 2.55. The first-order valence-electron chi connectivity index (χ1n) is 5.66. The fourth-order valence-corrected chi connectivity index (χ4v) is 1.50. The number of hydrogen-bond donors (Lipinski definition) is 1. The van der Waals surface area contributed by atoms with Crippen LogP contribution < -0.4 is 10.6 Å². The Morgan fingerprint density at radius 3 is 2.41 bits per heavy atom. The molecule has 0 aliphatic rings. The minimum Gasteiger partial charge on any atom is -0.382 e. The summed E-state index contributed by atoms with van der Waals surface area (Å²) in [7, 11) is 1.81. The predicted octanol–water partition coefficient (Wildman–Crippen LogP) is 0.363. The molecule has 0 saturated carbocycles. The molecule has 2 N–H and O–H groups in total. The van der Waals surface area contributed by atoms with Gasteiger partial charge in [-0.1, -0.05) is 0 Å². The molecule has 0 unspecified atom stereocenters. The van der Waals surface area contributed by atoms with Crippen molar-refractivity contribution < 1.29 is 4.79 Å². The van der Waals surface area contributed by atoms with Crippen molar-refractivity contribution in [3.63, 3.8) is 0 Å². The van der Waals surface area contributed by atoms with Crippen molar-refractivity contribution in [1.82, 2.24) is 15.1 Å². The average molecular weight is 237 g/mol. The molecular formula is C11H19N5O. The highest BCUT2D eigenvalue weighted by Gasteiger charge is 2.13. The lowest BCUT2D eigenvalue weighted by Gasteiger charge is -2.23. The number of carbonyl (C=O) groups is 1. The monoisotopic (exact) mass is 237 g/mol. The van der Waals surface area contributed by atoms with Crippen LogP contribution in [0.4, 0.5) is 11.6 Å². The van der Waals surface area contributed by atoms with Crippen molar-refractivity contribution >= 4 is 17.5 Å². The van der Waals surface area contributed by atoms with Crippen LogP contribution in [0.3, 0.4) is 0 Å². The molecule has 1 amide bonds. The normalized spacial score (nSPS) is 10.1. The van der Waals surface area contributed by atoms with Gasteiger partial charge in [-0.2, -0.15) is 0 Å². The van der Waals surface area contributed by atoms with E-state index in [2.05, 4.69) is 10.2 Å². The van der Waals surface area contributed by atoms with Crippen LogP contribution in [0, 0.1) is 0 Å². The molecule has 6 nitrogen and oxygen atoms in total. The minimum atomic E-state index is 0.0797. The molecule has 17 heavy (non-hydrogen) atoms. The van der Waals surface area contributed by atoms with Crippen molar-refractivity contribution in [3.05, 3.63) is 12.1 Å². The van der Waals surface area contributed by atoms with Gasteiger partial charge in [-0.25, -0.2) is 0 Å². The van der Waals surface area contributed by atoms with Gasteiger partial charge in [0.05, 0.1) is 6.54 Å². The molecule has 0 atom stereocenters. The topological polar surface area (TPSA) is 75.4 Å². The first kappa shape index (κ1) is 13.2. The second-order valence-corrected chi connectivity index (χ2v) is 3.74. The Labute approximate surface area is 101 Å². The zero-order chi connectivity index (χ0) is 12.8. The van der Waals surface area contributed by atoms with E-state index in [-0.39, 0.29) is 5.91 Å². The van der Waals surface area contributed by atoms with Crippen molar-refractivity contribution in [2.24, 2.45) is 0 Å². The van der Waals surface area contributed by atoms with Crippen LogP contribution in [0.5, 0.6) is 0 Å². The van der Waals surface area contributed by atoms with Crippen LogP contribution in [-0.4, -0.2) is 47.7 Å². The second kappa shape index (κ2) is 6.03. The van der Waals surface area contributed by atoms with E-state index in [1.807, 2.05) is 20.9 Å². The van der Waals surface area contributed by atoms with Gasteiger partial charge in [0.2, 0.25) is 5.91 Å².